The van der Waals surface area contributed by atoms with Crippen molar-refractivity contribution < 1.29 is 8.42 Å². The van der Waals surface area contributed by atoms with Crippen molar-refractivity contribution in [1.29, 1.82) is 0 Å². The molecule has 6 nitrogen and oxygen atoms in total. The SMILES string of the molecule is CCCCN(C)C(=NC)NCCCN(C)S(=O)(=O)CC. The Morgan fingerprint density at radius 1 is 1.15 bits per heavy atom. The Hall–Kier alpha value is -0.820. The fourth-order valence-electron chi connectivity index (χ4n) is 1.75. The van der Waals surface area contributed by atoms with E-state index in [1.807, 2.05) is 7.05 Å². The highest BCUT2D eigenvalue weighted by molar-refractivity contribution is 7.89. The summed E-state index contributed by atoms with van der Waals surface area (Å²) in [6.07, 6.45) is 3.05. The summed E-state index contributed by atoms with van der Waals surface area (Å²) in [7, 11) is 2.33. The molecule has 0 amide bonds. The first-order valence-electron chi connectivity index (χ1n) is 7.24. The summed E-state index contributed by atoms with van der Waals surface area (Å²) in [5.41, 5.74) is 0. The van der Waals surface area contributed by atoms with Crippen molar-refractivity contribution in [2.45, 2.75) is 33.1 Å². The second kappa shape index (κ2) is 9.99. The molecule has 20 heavy (non-hydrogen) atoms. The van der Waals surface area contributed by atoms with Crippen LogP contribution in [0.3, 0.4) is 0 Å². The average molecular weight is 306 g/mol. The number of aliphatic imine (C=N–C) groups is 1. The van der Waals surface area contributed by atoms with E-state index in [-0.39, 0.29) is 5.75 Å². The van der Waals surface area contributed by atoms with Gasteiger partial charge >= 0.3 is 0 Å². The third-order valence-electron chi connectivity index (χ3n) is 3.19. The monoisotopic (exact) mass is 306 g/mol. The fourth-order valence-corrected chi connectivity index (χ4v) is 2.60. The molecule has 0 radical (unpaired) electrons. The molecule has 0 aliphatic carbocycles. The summed E-state index contributed by atoms with van der Waals surface area (Å²) >= 11 is 0. The molecule has 0 aromatic carbocycles. The lowest BCUT2D eigenvalue weighted by Gasteiger charge is -2.22. The molecule has 0 aromatic rings. The molecule has 0 fully saturated rings. The van der Waals surface area contributed by atoms with Gasteiger partial charge in [0.2, 0.25) is 10.0 Å². The van der Waals surface area contributed by atoms with Crippen molar-refractivity contribution >= 4 is 16.0 Å². The van der Waals surface area contributed by atoms with E-state index in [0.717, 1.165) is 31.8 Å². The zero-order valence-corrected chi connectivity index (χ0v) is 14.3. The van der Waals surface area contributed by atoms with Gasteiger partial charge in [-0.1, -0.05) is 13.3 Å². The molecular weight excluding hydrogens is 276 g/mol. The largest absolute Gasteiger partial charge is 0.356 e. The number of hydrogen-bond donors (Lipinski definition) is 1. The summed E-state index contributed by atoms with van der Waals surface area (Å²) in [5.74, 6) is 1.01. The van der Waals surface area contributed by atoms with Crippen LogP contribution in [0.4, 0.5) is 0 Å². The molecule has 0 aliphatic heterocycles. The molecule has 0 bridgehead atoms. The number of nitrogens with zero attached hydrogens (tertiary/aromatic N) is 3. The number of guanidine groups is 1. The normalized spacial score (nSPS) is 12.8. The van der Waals surface area contributed by atoms with Gasteiger partial charge in [-0.25, -0.2) is 12.7 Å². The minimum Gasteiger partial charge on any atom is -0.356 e. The zero-order valence-electron chi connectivity index (χ0n) is 13.5. The van der Waals surface area contributed by atoms with E-state index >= 15 is 0 Å². The van der Waals surface area contributed by atoms with Crippen molar-refractivity contribution in [2.75, 3.05) is 46.5 Å². The molecule has 7 heteroatoms. The molecule has 0 heterocycles. The second-order valence-corrected chi connectivity index (χ2v) is 7.19. The van der Waals surface area contributed by atoms with E-state index in [1.54, 1.807) is 21.0 Å². The van der Waals surface area contributed by atoms with Crippen molar-refractivity contribution in [3.8, 4) is 0 Å². The molecule has 0 aliphatic rings. The Morgan fingerprint density at radius 2 is 1.80 bits per heavy atom. The molecule has 0 atom stereocenters. The molecule has 0 aromatic heterocycles. The number of sulfonamides is 1. The van der Waals surface area contributed by atoms with Crippen LogP contribution in [0.5, 0.6) is 0 Å². The fraction of sp³-hybridized carbons (Fsp3) is 0.923. The van der Waals surface area contributed by atoms with Crippen LogP contribution in [0.25, 0.3) is 0 Å². The topological polar surface area (TPSA) is 65.0 Å². The highest BCUT2D eigenvalue weighted by Crippen LogP contribution is 1.98. The first-order chi connectivity index (χ1) is 9.38. The van der Waals surface area contributed by atoms with Crippen LogP contribution in [0.1, 0.15) is 33.1 Å². The van der Waals surface area contributed by atoms with Crippen molar-refractivity contribution in [2.24, 2.45) is 4.99 Å². The van der Waals surface area contributed by atoms with Crippen LogP contribution < -0.4 is 5.32 Å². The van der Waals surface area contributed by atoms with E-state index in [1.165, 1.54) is 4.31 Å². The van der Waals surface area contributed by atoms with Crippen LogP contribution in [0.2, 0.25) is 0 Å². The second-order valence-electron chi connectivity index (χ2n) is 4.82. The molecule has 0 saturated carbocycles. The summed E-state index contributed by atoms with van der Waals surface area (Å²) in [6, 6.07) is 0. The number of unbranched alkanes of at least 4 members (excludes halogenated alkanes) is 1. The number of rotatable bonds is 9. The van der Waals surface area contributed by atoms with Crippen molar-refractivity contribution in [3.05, 3.63) is 0 Å². The summed E-state index contributed by atoms with van der Waals surface area (Å²) < 4.78 is 24.6. The minimum absolute atomic E-state index is 0.151. The minimum atomic E-state index is -3.07. The van der Waals surface area contributed by atoms with E-state index in [4.69, 9.17) is 0 Å². The van der Waals surface area contributed by atoms with Crippen molar-refractivity contribution in [1.82, 2.24) is 14.5 Å². The van der Waals surface area contributed by atoms with Gasteiger partial charge in [-0.3, -0.25) is 4.99 Å². The maximum absolute atomic E-state index is 11.6. The zero-order chi connectivity index (χ0) is 15.6. The third kappa shape index (κ3) is 7.09. The maximum atomic E-state index is 11.6. The smallest absolute Gasteiger partial charge is 0.213 e. The average Bonchev–Trinajstić information content (AvgIpc) is 2.44. The van der Waals surface area contributed by atoms with Crippen LogP contribution in [-0.4, -0.2) is 70.1 Å². The van der Waals surface area contributed by atoms with Gasteiger partial charge in [-0.2, -0.15) is 0 Å². The van der Waals surface area contributed by atoms with Gasteiger partial charge in [0.15, 0.2) is 5.96 Å². The molecule has 0 rings (SSSR count). The quantitative estimate of drug-likeness (QED) is 0.391. The van der Waals surface area contributed by atoms with E-state index in [0.29, 0.717) is 13.1 Å². The Bertz CT molecular complexity index is 382. The van der Waals surface area contributed by atoms with E-state index in [9.17, 15) is 8.42 Å². The molecule has 120 valence electrons. The Kier molecular flexibility index (Phi) is 9.58. The van der Waals surface area contributed by atoms with Gasteiger partial charge in [0.1, 0.15) is 0 Å². The van der Waals surface area contributed by atoms with Crippen LogP contribution in [0.15, 0.2) is 4.99 Å². The van der Waals surface area contributed by atoms with Crippen LogP contribution in [-0.2, 0) is 10.0 Å². The summed E-state index contributed by atoms with van der Waals surface area (Å²) in [4.78, 5) is 6.32. The van der Waals surface area contributed by atoms with Gasteiger partial charge < -0.3 is 10.2 Å². The highest BCUT2D eigenvalue weighted by Gasteiger charge is 2.14. The lowest BCUT2D eigenvalue weighted by atomic mass is 10.3. The lowest BCUT2D eigenvalue weighted by molar-refractivity contribution is 0.447. The Balaban J connectivity index is 4.04. The van der Waals surface area contributed by atoms with Crippen molar-refractivity contribution in [3.63, 3.8) is 0 Å². The Labute approximate surface area is 124 Å². The number of hydrogen-bond acceptors (Lipinski definition) is 3. The molecular formula is C13H30N4O2S. The van der Waals surface area contributed by atoms with Crippen LogP contribution in [0, 0.1) is 0 Å². The van der Waals surface area contributed by atoms with Gasteiger partial charge in [-0.15, -0.1) is 0 Å². The first-order valence-corrected chi connectivity index (χ1v) is 8.85. The predicted molar refractivity (Wildman–Crippen MR) is 85.6 cm³/mol. The van der Waals surface area contributed by atoms with E-state index in [2.05, 4.69) is 22.1 Å². The number of nitrogens with one attached hydrogen (secondary N) is 1. The third-order valence-corrected chi connectivity index (χ3v) is 5.05. The predicted octanol–water partition coefficient (Wildman–Crippen LogP) is 0.965. The molecule has 0 unspecified atom stereocenters. The van der Waals surface area contributed by atoms with E-state index < -0.39 is 10.0 Å². The first kappa shape index (κ1) is 19.2. The summed E-state index contributed by atoms with van der Waals surface area (Å²) in [5, 5.41) is 3.26. The van der Waals surface area contributed by atoms with Gasteiger partial charge in [0.05, 0.1) is 5.75 Å². The van der Waals surface area contributed by atoms with Gasteiger partial charge in [-0.05, 0) is 19.8 Å². The summed E-state index contributed by atoms with van der Waals surface area (Å²) in [6.45, 7) is 6.04. The maximum Gasteiger partial charge on any atom is 0.213 e. The highest BCUT2D eigenvalue weighted by atomic mass is 32.2. The molecule has 1 N–H and O–H groups in total. The van der Waals surface area contributed by atoms with Gasteiger partial charge in [0, 0.05) is 40.8 Å². The van der Waals surface area contributed by atoms with Crippen LogP contribution >= 0.6 is 0 Å². The molecule has 0 spiro atoms. The Morgan fingerprint density at radius 3 is 2.30 bits per heavy atom. The van der Waals surface area contributed by atoms with Gasteiger partial charge in [0.25, 0.3) is 0 Å². The lowest BCUT2D eigenvalue weighted by Crippen LogP contribution is -2.40. The molecule has 0 saturated heterocycles. The standard InChI is InChI=1S/C13H30N4O2S/c1-6-8-11-16(4)13(14-3)15-10-9-12-17(5)20(18,19)7-2/h6-12H2,1-5H3,(H,14,15).